The van der Waals surface area contributed by atoms with Crippen LogP contribution in [0.2, 0.25) is 0 Å². The van der Waals surface area contributed by atoms with E-state index in [2.05, 4.69) is 37.4 Å². The van der Waals surface area contributed by atoms with Gasteiger partial charge in [-0.3, -0.25) is 0 Å². The van der Waals surface area contributed by atoms with Gasteiger partial charge < -0.3 is 5.32 Å². The molecule has 0 fully saturated rings. The van der Waals surface area contributed by atoms with Gasteiger partial charge in [0, 0.05) is 28.5 Å². The van der Waals surface area contributed by atoms with Gasteiger partial charge in [0.25, 0.3) is 0 Å². The Morgan fingerprint density at radius 2 is 2.12 bits per heavy atom. The molecule has 0 saturated heterocycles. The number of nitrogens with one attached hydrogen (secondary N) is 1. The highest BCUT2D eigenvalue weighted by molar-refractivity contribution is 9.10. The molecule has 17 heavy (non-hydrogen) atoms. The van der Waals surface area contributed by atoms with E-state index in [1.54, 1.807) is 6.20 Å². The molecule has 0 bridgehead atoms. The highest BCUT2D eigenvalue weighted by Crippen LogP contribution is 2.18. The molecule has 0 unspecified atom stereocenters. The lowest BCUT2D eigenvalue weighted by atomic mass is 10.2. The number of hydrogen-bond donors (Lipinski definition) is 1. The molecule has 0 aromatic carbocycles. The zero-order chi connectivity index (χ0) is 12.4. The molecule has 2 aromatic rings. The summed E-state index contributed by atoms with van der Waals surface area (Å²) in [6.45, 7) is 4.78. The number of rotatable bonds is 3. The third-order valence-corrected chi connectivity index (χ3v) is 2.92. The third-order valence-electron chi connectivity index (χ3n) is 2.49. The summed E-state index contributed by atoms with van der Waals surface area (Å²) in [4.78, 5) is 4.45. The number of halogens is 1. The quantitative estimate of drug-likeness (QED) is 0.945. The molecule has 2 heterocycles. The van der Waals surface area contributed by atoms with E-state index in [4.69, 9.17) is 0 Å². The molecule has 0 aliphatic carbocycles. The van der Waals surface area contributed by atoms with Crippen molar-refractivity contribution in [2.45, 2.75) is 20.4 Å². The van der Waals surface area contributed by atoms with Crippen LogP contribution in [0.3, 0.4) is 0 Å². The van der Waals surface area contributed by atoms with E-state index < -0.39 is 0 Å². The van der Waals surface area contributed by atoms with E-state index in [0.29, 0.717) is 0 Å². The lowest BCUT2D eigenvalue weighted by Crippen LogP contribution is -2.12. The molecule has 5 heteroatoms. The van der Waals surface area contributed by atoms with E-state index >= 15 is 0 Å². The summed E-state index contributed by atoms with van der Waals surface area (Å²) in [6.07, 6.45) is 1.80. The van der Waals surface area contributed by atoms with E-state index in [1.165, 1.54) is 0 Å². The Balaban J connectivity index is 2.54. The molecule has 0 saturated carbocycles. The average molecular weight is 295 g/mol. The minimum absolute atomic E-state index is 0.764. The molecule has 0 atom stereocenters. The molecule has 0 spiro atoms. The average Bonchev–Trinajstić information content (AvgIpc) is 2.59. The Labute approximate surface area is 109 Å². The van der Waals surface area contributed by atoms with Crippen LogP contribution in [-0.2, 0) is 6.54 Å². The van der Waals surface area contributed by atoms with Crippen LogP contribution in [0.4, 0.5) is 0 Å². The van der Waals surface area contributed by atoms with Crippen LogP contribution in [0.1, 0.15) is 17.0 Å². The first kappa shape index (κ1) is 12.3. The largest absolute Gasteiger partial charge is 0.316 e. The fourth-order valence-electron chi connectivity index (χ4n) is 1.83. The summed E-state index contributed by atoms with van der Waals surface area (Å²) in [5.41, 5.74) is 3.21. The normalized spacial score (nSPS) is 10.8. The predicted octanol–water partition coefficient (Wildman–Crippen LogP) is 2.37. The fraction of sp³-hybridized carbons (Fsp3) is 0.333. The van der Waals surface area contributed by atoms with E-state index in [1.807, 2.05) is 31.6 Å². The van der Waals surface area contributed by atoms with Gasteiger partial charge in [-0.15, -0.1) is 0 Å². The van der Waals surface area contributed by atoms with Crippen molar-refractivity contribution in [3.05, 3.63) is 39.8 Å². The lowest BCUT2D eigenvalue weighted by Gasteiger charge is -2.10. The molecular formula is C12H15BrN4. The van der Waals surface area contributed by atoms with Crippen LogP contribution >= 0.6 is 15.9 Å². The molecule has 1 N–H and O–H groups in total. The monoisotopic (exact) mass is 294 g/mol. The van der Waals surface area contributed by atoms with E-state index in [0.717, 1.165) is 33.8 Å². The molecule has 2 aromatic heterocycles. The molecule has 4 nitrogen and oxygen atoms in total. The van der Waals surface area contributed by atoms with Gasteiger partial charge in [-0.1, -0.05) is 0 Å². The Morgan fingerprint density at radius 1 is 1.35 bits per heavy atom. The minimum atomic E-state index is 0.764. The highest BCUT2D eigenvalue weighted by Gasteiger charge is 2.10. The zero-order valence-electron chi connectivity index (χ0n) is 10.2. The highest BCUT2D eigenvalue weighted by atomic mass is 79.9. The molecule has 0 aliphatic heterocycles. The summed E-state index contributed by atoms with van der Waals surface area (Å²) in [5.74, 6) is 0.883. The first-order chi connectivity index (χ1) is 8.11. The van der Waals surface area contributed by atoms with E-state index in [9.17, 15) is 0 Å². The summed E-state index contributed by atoms with van der Waals surface area (Å²) in [5, 5.41) is 7.61. The van der Waals surface area contributed by atoms with Crippen molar-refractivity contribution in [1.29, 1.82) is 0 Å². The molecule has 0 amide bonds. The lowest BCUT2D eigenvalue weighted by molar-refractivity contribution is 0.754. The standard InChI is InChI=1S/C12H15BrN4/c1-8-4-9(2)17(16-8)12-10(6-14-3)5-11(13)7-15-12/h4-5,7,14H,6H2,1-3H3. The molecule has 2 rings (SSSR count). The van der Waals surface area contributed by atoms with Crippen molar-refractivity contribution < 1.29 is 0 Å². The second-order valence-corrected chi connectivity index (χ2v) is 4.92. The number of hydrogen-bond acceptors (Lipinski definition) is 3. The van der Waals surface area contributed by atoms with Gasteiger partial charge in [0.1, 0.15) is 0 Å². The van der Waals surface area contributed by atoms with E-state index in [-0.39, 0.29) is 0 Å². The van der Waals surface area contributed by atoms with Gasteiger partial charge in [-0.2, -0.15) is 5.10 Å². The van der Waals surface area contributed by atoms with Gasteiger partial charge in [-0.25, -0.2) is 9.67 Å². The Hall–Kier alpha value is -1.20. The Morgan fingerprint density at radius 3 is 2.71 bits per heavy atom. The number of aryl methyl sites for hydroxylation is 2. The molecule has 0 radical (unpaired) electrons. The number of nitrogens with zero attached hydrogens (tertiary/aromatic N) is 3. The minimum Gasteiger partial charge on any atom is -0.316 e. The number of aromatic nitrogens is 3. The molecular weight excluding hydrogens is 280 g/mol. The maximum Gasteiger partial charge on any atom is 0.158 e. The van der Waals surface area contributed by atoms with Gasteiger partial charge in [0.2, 0.25) is 0 Å². The van der Waals surface area contributed by atoms with Crippen molar-refractivity contribution in [1.82, 2.24) is 20.1 Å². The summed E-state index contributed by atoms with van der Waals surface area (Å²) >= 11 is 3.44. The van der Waals surface area contributed by atoms with Gasteiger partial charge in [-0.05, 0) is 49.0 Å². The van der Waals surface area contributed by atoms with Crippen LogP contribution < -0.4 is 5.32 Å². The SMILES string of the molecule is CNCc1cc(Br)cnc1-n1nc(C)cc1C. The third kappa shape index (κ3) is 2.56. The second-order valence-electron chi connectivity index (χ2n) is 4.01. The van der Waals surface area contributed by atoms with Gasteiger partial charge >= 0.3 is 0 Å². The van der Waals surface area contributed by atoms with Crippen molar-refractivity contribution in [2.24, 2.45) is 0 Å². The first-order valence-electron chi connectivity index (χ1n) is 5.44. The van der Waals surface area contributed by atoms with Crippen LogP contribution in [-0.4, -0.2) is 21.8 Å². The smallest absolute Gasteiger partial charge is 0.158 e. The molecule has 90 valence electrons. The summed E-state index contributed by atoms with van der Waals surface area (Å²) in [7, 11) is 1.92. The maximum absolute atomic E-state index is 4.46. The van der Waals surface area contributed by atoms with Crippen LogP contribution in [0.15, 0.2) is 22.8 Å². The van der Waals surface area contributed by atoms with Crippen molar-refractivity contribution in [3.63, 3.8) is 0 Å². The number of pyridine rings is 1. The topological polar surface area (TPSA) is 42.7 Å². The molecule has 0 aliphatic rings. The van der Waals surface area contributed by atoms with Gasteiger partial charge in [0.05, 0.1) is 5.69 Å². The first-order valence-corrected chi connectivity index (χ1v) is 6.24. The zero-order valence-corrected chi connectivity index (χ0v) is 11.7. The predicted molar refractivity (Wildman–Crippen MR) is 71.3 cm³/mol. The Bertz CT molecular complexity index is 533. The van der Waals surface area contributed by atoms with Crippen LogP contribution in [0.25, 0.3) is 5.82 Å². The van der Waals surface area contributed by atoms with Crippen molar-refractivity contribution in [2.75, 3.05) is 7.05 Å². The maximum atomic E-state index is 4.46. The van der Waals surface area contributed by atoms with Crippen molar-refractivity contribution in [3.8, 4) is 5.82 Å². The Kier molecular flexibility index (Phi) is 3.59. The van der Waals surface area contributed by atoms with Crippen LogP contribution in [0.5, 0.6) is 0 Å². The fourth-order valence-corrected chi connectivity index (χ4v) is 2.21. The van der Waals surface area contributed by atoms with Crippen molar-refractivity contribution >= 4 is 15.9 Å². The van der Waals surface area contributed by atoms with Gasteiger partial charge in [0.15, 0.2) is 5.82 Å². The summed E-state index contributed by atoms with van der Waals surface area (Å²) < 4.78 is 2.86. The second kappa shape index (κ2) is 4.98. The van der Waals surface area contributed by atoms with Crippen LogP contribution in [0, 0.1) is 13.8 Å². The summed E-state index contributed by atoms with van der Waals surface area (Å²) in [6, 6.07) is 4.11.